The second-order valence-corrected chi connectivity index (χ2v) is 4.66. The zero-order valence-electron chi connectivity index (χ0n) is 11.9. The van der Waals surface area contributed by atoms with Crippen molar-refractivity contribution < 1.29 is 9.53 Å². The lowest BCUT2D eigenvalue weighted by Gasteiger charge is -2.25. The van der Waals surface area contributed by atoms with Gasteiger partial charge in [0.2, 0.25) is 0 Å². The predicted octanol–water partition coefficient (Wildman–Crippen LogP) is 1.31. The summed E-state index contributed by atoms with van der Waals surface area (Å²) in [6.07, 6.45) is 1.75. The van der Waals surface area contributed by atoms with Crippen molar-refractivity contribution in [3.05, 3.63) is 29.6 Å². The highest BCUT2D eigenvalue weighted by atomic mass is 16.5. The van der Waals surface area contributed by atoms with Gasteiger partial charge in [0.15, 0.2) is 0 Å². The summed E-state index contributed by atoms with van der Waals surface area (Å²) in [5.41, 5.74) is 7.54. The van der Waals surface area contributed by atoms with Gasteiger partial charge in [0.05, 0.1) is 18.8 Å². The van der Waals surface area contributed by atoms with Crippen molar-refractivity contribution in [2.75, 3.05) is 13.2 Å². The quantitative estimate of drug-likeness (QED) is 0.753. The van der Waals surface area contributed by atoms with Gasteiger partial charge in [0.25, 0.3) is 0 Å². The van der Waals surface area contributed by atoms with Crippen LogP contribution in [0.2, 0.25) is 0 Å². The summed E-state index contributed by atoms with van der Waals surface area (Å²) in [7, 11) is 0. The van der Waals surface area contributed by atoms with E-state index in [-0.39, 0.29) is 12.0 Å². The maximum atomic E-state index is 11.6. The van der Waals surface area contributed by atoms with Crippen LogP contribution in [0.1, 0.15) is 32.0 Å². The number of carbonyl (C=O) groups excluding carboxylic acids is 1. The molecule has 2 N–H and O–H groups in total. The molecule has 0 aliphatic carbocycles. The average molecular weight is 265 g/mol. The Hall–Kier alpha value is -1.46. The lowest BCUT2D eigenvalue weighted by atomic mass is 10.2. The molecule has 1 rings (SSSR count). The van der Waals surface area contributed by atoms with E-state index in [0.29, 0.717) is 26.2 Å². The van der Waals surface area contributed by atoms with Crippen molar-refractivity contribution in [3.63, 3.8) is 0 Å². The third-order valence-electron chi connectivity index (χ3n) is 2.84. The minimum absolute atomic E-state index is 0.190. The first-order chi connectivity index (χ1) is 9.06. The number of nitrogens with two attached hydrogens (primary N) is 1. The summed E-state index contributed by atoms with van der Waals surface area (Å²) in [5.74, 6) is -0.190. The average Bonchev–Trinajstić information content (AvgIpc) is 2.38. The summed E-state index contributed by atoms with van der Waals surface area (Å²) >= 11 is 0. The Morgan fingerprint density at radius 1 is 1.53 bits per heavy atom. The van der Waals surface area contributed by atoms with Crippen LogP contribution >= 0.6 is 0 Å². The smallest absolute Gasteiger partial charge is 0.320 e. The lowest BCUT2D eigenvalue weighted by Crippen LogP contribution is -2.36. The van der Waals surface area contributed by atoms with Gasteiger partial charge in [-0.3, -0.25) is 14.7 Å². The second-order valence-electron chi connectivity index (χ2n) is 4.66. The molecule has 0 atom stereocenters. The van der Waals surface area contributed by atoms with Crippen molar-refractivity contribution >= 4 is 5.97 Å². The van der Waals surface area contributed by atoms with Crippen molar-refractivity contribution in [2.45, 2.75) is 39.9 Å². The molecule has 0 amide bonds. The van der Waals surface area contributed by atoms with E-state index in [1.54, 1.807) is 6.20 Å². The molecule has 1 aromatic rings. The van der Waals surface area contributed by atoms with E-state index in [1.165, 1.54) is 0 Å². The SMILES string of the molecule is CCOC(=O)CN(Cc1ccnc(CN)c1)C(C)C. The van der Waals surface area contributed by atoms with Crippen molar-refractivity contribution in [3.8, 4) is 0 Å². The molecule has 5 nitrogen and oxygen atoms in total. The molecular weight excluding hydrogens is 242 g/mol. The first-order valence-corrected chi connectivity index (χ1v) is 6.60. The molecular formula is C14H23N3O2. The molecule has 5 heteroatoms. The van der Waals surface area contributed by atoms with E-state index in [1.807, 2.05) is 19.1 Å². The lowest BCUT2D eigenvalue weighted by molar-refractivity contribution is -0.145. The van der Waals surface area contributed by atoms with E-state index in [4.69, 9.17) is 10.5 Å². The molecule has 0 saturated carbocycles. The molecule has 19 heavy (non-hydrogen) atoms. The summed E-state index contributed by atoms with van der Waals surface area (Å²) in [6.45, 7) is 7.76. The van der Waals surface area contributed by atoms with E-state index in [9.17, 15) is 4.79 Å². The molecule has 0 unspecified atom stereocenters. The number of hydrogen-bond donors (Lipinski definition) is 1. The van der Waals surface area contributed by atoms with Gasteiger partial charge in [-0.2, -0.15) is 0 Å². The van der Waals surface area contributed by atoms with E-state index in [0.717, 1.165) is 11.3 Å². The van der Waals surface area contributed by atoms with E-state index in [2.05, 4.69) is 23.7 Å². The highest BCUT2D eigenvalue weighted by Crippen LogP contribution is 2.09. The highest BCUT2D eigenvalue weighted by Gasteiger charge is 2.15. The Kier molecular flexibility index (Phi) is 6.45. The largest absolute Gasteiger partial charge is 0.465 e. The highest BCUT2D eigenvalue weighted by molar-refractivity contribution is 5.71. The number of hydrogen-bond acceptors (Lipinski definition) is 5. The summed E-state index contributed by atoms with van der Waals surface area (Å²) in [6, 6.07) is 4.18. The molecule has 106 valence electrons. The fourth-order valence-electron chi connectivity index (χ4n) is 1.77. The van der Waals surface area contributed by atoms with Crippen LogP contribution in [0.5, 0.6) is 0 Å². The third-order valence-corrected chi connectivity index (χ3v) is 2.84. The maximum absolute atomic E-state index is 11.6. The molecule has 0 spiro atoms. The molecule has 0 fully saturated rings. The second kappa shape index (κ2) is 7.86. The molecule has 0 saturated heterocycles. The summed E-state index contributed by atoms with van der Waals surface area (Å²) in [5, 5.41) is 0. The van der Waals surface area contributed by atoms with E-state index >= 15 is 0 Å². The van der Waals surface area contributed by atoms with Gasteiger partial charge in [-0.25, -0.2) is 0 Å². The van der Waals surface area contributed by atoms with Crippen LogP contribution in [-0.2, 0) is 22.6 Å². The predicted molar refractivity (Wildman–Crippen MR) is 74.3 cm³/mol. The zero-order valence-corrected chi connectivity index (χ0v) is 11.9. The maximum Gasteiger partial charge on any atom is 0.320 e. The van der Waals surface area contributed by atoms with Gasteiger partial charge in [0, 0.05) is 25.3 Å². The Labute approximate surface area is 114 Å². The number of ether oxygens (including phenoxy) is 1. The summed E-state index contributed by atoms with van der Waals surface area (Å²) in [4.78, 5) is 17.8. The Balaban J connectivity index is 2.69. The van der Waals surface area contributed by atoms with Gasteiger partial charge in [-0.05, 0) is 38.5 Å². The van der Waals surface area contributed by atoms with Crippen molar-refractivity contribution in [1.29, 1.82) is 0 Å². The Morgan fingerprint density at radius 2 is 2.26 bits per heavy atom. The minimum Gasteiger partial charge on any atom is -0.465 e. The van der Waals surface area contributed by atoms with Crippen molar-refractivity contribution in [1.82, 2.24) is 9.88 Å². The Morgan fingerprint density at radius 3 is 2.84 bits per heavy atom. The first-order valence-electron chi connectivity index (χ1n) is 6.60. The van der Waals surface area contributed by atoms with Gasteiger partial charge < -0.3 is 10.5 Å². The molecule has 0 aromatic carbocycles. The fourth-order valence-corrected chi connectivity index (χ4v) is 1.77. The van der Waals surface area contributed by atoms with Crippen LogP contribution in [0.15, 0.2) is 18.3 Å². The fraction of sp³-hybridized carbons (Fsp3) is 0.571. The minimum atomic E-state index is -0.190. The normalized spacial score (nSPS) is 11.1. The topological polar surface area (TPSA) is 68.5 Å². The van der Waals surface area contributed by atoms with Crippen LogP contribution in [0.25, 0.3) is 0 Å². The van der Waals surface area contributed by atoms with Crippen molar-refractivity contribution in [2.24, 2.45) is 5.73 Å². The van der Waals surface area contributed by atoms with Crippen LogP contribution in [0.3, 0.4) is 0 Å². The number of pyridine rings is 1. The molecule has 1 aromatic heterocycles. The summed E-state index contributed by atoms with van der Waals surface area (Å²) < 4.78 is 4.99. The van der Waals surface area contributed by atoms with Crippen LogP contribution in [0.4, 0.5) is 0 Å². The van der Waals surface area contributed by atoms with Crippen LogP contribution in [0, 0.1) is 0 Å². The molecule has 0 aliphatic heterocycles. The molecule has 0 aliphatic rings. The zero-order chi connectivity index (χ0) is 14.3. The van der Waals surface area contributed by atoms with Gasteiger partial charge in [-0.1, -0.05) is 0 Å². The third kappa shape index (κ3) is 5.36. The number of esters is 1. The number of nitrogens with zero attached hydrogens (tertiary/aromatic N) is 2. The van der Waals surface area contributed by atoms with Crippen LogP contribution < -0.4 is 5.73 Å². The standard InChI is InChI=1S/C14H23N3O2/c1-4-19-14(18)10-17(11(2)3)9-12-5-6-16-13(7-12)8-15/h5-7,11H,4,8-10,15H2,1-3H3. The van der Waals surface area contributed by atoms with Gasteiger partial charge in [-0.15, -0.1) is 0 Å². The Bertz CT molecular complexity index is 407. The van der Waals surface area contributed by atoms with Crippen LogP contribution in [-0.4, -0.2) is 35.0 Å². The van der Waals surface area contributed by atoms with E-state index < -0.39 is 0 Å². The molecule has 1 heterocycles. The number of rotatable bonds is 7. The van der Waals surface area contributed by atoms with Gasteiger partial charge in [0.1, 0.15) is 0 Å². The molecule has 0 bridgehead atoms. The number of aromatic nitrogens is 1. The monoisotopic (exact) mass is 265 g/mol. The van der Waals surface area contributed by atoms with Gasteiger partial charge >= 0.3 is 5.97 Å². The molecule has 0 radical (unpaired) electrons. The first kappa shape index (κ1) is 15.6. The number of carbonyl (C=O) groups is 1.